The van der Waals surface area contributed by atoms with Crippen LogP contribution in [-0.4, -0.2) is 42.3 Å². The summed E-state index contributed by atoms with van der Waals surface area (Å²) >= 11 is 0. The van der Waals surface area contributed by atoms with Crippen molar-refractivity contribution in [2.24, 2.45) is 5.92 Å². The van der Waals surface area contributed by atoms with Crippen molar-refractivity contribution in [3.63, 3.8) is 0 Å². The molecule has 3 aromatic rings. The Kier molecular flexibility index (Phi) is 5.80. The topological polar surface area (TPSA) is 45.1 Å². The quantitative estimate of drug-likeness (QED) is 0.585. The van der Waals surface area contributed by atoms with Gasteiger partial charge in [0.2, 0.25) is 5.95 Å². The Morgan fingerprint density at radius 1 is 1.03 bits per heavy atom. The fourth-order valence-corrected chi connectivity index (χ4v) is 5.05. The maximum absolute atomic E-state index is 14.2. The van der Waals surface area contributed by atoms with E-state index in [2.05, 4.69) is 39.2 Å². The Bertz CT molecular complexity index is 1100. The Morgan fingerprint density at radius 2 is 1.75 bits per heavy atom. The summed E-state index contributed by atoms with van der Waals surface area (Å²) in [6, 6.07) is 8.47. The van der Waals surface area contributed by atoms with Crippen LogP contribution < -0.4 is 15.5 Å². The van der Waals surface area contributed by atoms with Gasteiger partial charge >= 0.3 is 0 Å². The van der Waals surface area contributed by atoms with E-state index >= 15 is 0 Å². The minimum absolute atomic E-state index is 0.108. The molecule has 0 aliphatic carbocycles. The van der Waals surface area contributed by atoms with E-state index in [0.717, 1.165) is 55.3 Å². The lowest BCUT2D eigenvalue weighted by Gasteiger charge is -2.29. The molecule has 0 unspecified atom stereocenters. The standard InChI is InChI=1S/C26H34FN5/c1-17-9-22(31-7-5-4-6-8-31)25-23(10-17)32(26(30-25)29-15-21-13-28-14-21)16-20-11-18(2)24(27)19(3)12-20/h9-12,21,28H,4-8,13-16H2,1-3H3,(H,29,30). The van der Waals surface area contributed by atoms with Crippen LogP contribution in [0.25, 0.3) is 11.0 Å². The summed E-state index contributed by atoms with van der Waals surface area (Å²) in [6.45, 7) is 11.8. The molecule has 2 fully saturated rings. The van der Waals surface area contributed by atoms with Gasteiger partial charge in [0, 0.05) is 38.6 Å². The molecule has 0 spiro atoms. The summed E-state index contributed by atoms with van der Waals surface area (Å²) in [5.74, 6) is 1.44. The summed E-state index contributed by atoms with van der Waals surface area (Å²) in [4.78, 5) is 7.64. The first-order valence-electron chi connectivity index (χ1n) is 12.0. The smallest absolute Gasteiger partial charge is 0.204 e. The van der Waals surface area contributed by atoms with Gasteiger partial charge in [-0.15, -0.1) is 0 Å². The number of hydrogen-bond donors (Lipinski definition) is 2. The van der Waals surface area contributed by atoms with Crippen LogP contribution in [0.3, 0.4) is 0 Å². The van der Waals surface area contributed by atoms with Crippen molar-refractivity contribution in [2.45, 2.75) is 46.6 Å². The molecule has 2 aromatic carbocycles. The molecule has 0 radical (unpaired) electrons. The van der Waals surface area contributed by atoms with E-state index in [-0.39, 0.29) is 5.82 Å². The zero-order chi connectivity index (χ0) is 22.2. The summed E-state index contributed by atoms with van der Waals surface area (Å²) < 4.78 is 16.5. The Balaban J connectivity index is 1.58. The van der Waals surface area contributed by atoms with Crippen LogP contribution in [0.2, 0.25) is 0 Å². The van der Waals surface area contributed by atoms with Crippen molar-refractivity contribution < 1.29 is 4.39 Å². The van der Waals surface area contributed by atoms with Gasteiger partial charge in [0.15, 0.2) is 0 Å². The number of piperidine rings is 1. The van der Waals surface area contributed by atoms with Crippen molar-refractivity contribution in [3.8, 4) is 0 Å². The van der Waals surface area contributed by atoms with E-state index in [9.17, 15) is 4.39 Å². The zero-order valence-electron chi connectivity index (χ0n) is 19.5. The molecule has 0 saturated carbocycles. The SMILES string of the molecule is Cc1cc(N2CCCCC2)c2nc(NCC3CNC3)n(Cc3cc(C)c(F)c(C)c3)c2c1. The Morgan fingerprint density at radius 3 is 2.41 bits per heavy atom. The number of nitrogens with zero attached hydrogens (tertiary/aromatic N) is 3. The molecule has 2 N–H and O–H groups in total. The third-order valence-electron chi connectivity index (χ3n) is 6.93. The van der Waals surface area contributed by atoms with E-state index in [1.807, 2.05) is 26.0 Å². The molecule has 2 saturated heterocycles. The summed E-state index contributed by atoms with van der Waals surface area (Å²) in [5, 5.41) is 6.98. The van der Waals surface area contributed by atoms with E-state index in [1.54, 1.807) is 0 Å². The number of hydrogen-bond acceptors (Lipinski definition) is 4. The van der Waals surface area contributed by atoms with Crippen molar-refractivity contribution in [1.82, 2.24) is 14.9 Å². The van der Waals surface area contributed by atoms with Crippen LogP contribution >= 0.6 is 0 Å². The molecule has 170 valence electrons. The van der Waals surface area contributed by atoms with Crippen LogP contribution in [0.1, 0.15) is 41.5 Å². The summed E-state index contributed by atoms with van der Waals surface area (Å²) in [7, 11) is 0. The van der Waals surface area contributed by atoms with Gasteiger partial charge in [0.25, 0.3) is 0 Å². The molecule has 32 heavy (non-hydrogen) atoms. The molecule has 0 amide bonds. The highest BCUT2D eigenvalue weighted by Crippen LogP contribution is 2.33. The highest BCUT2D eigenvalue weighted by Gasteiger charge is 2.22. The summed E-state index contributed by atoms with van der Waals surface area (Å²) in [5.41, 5.74) is 7.23. The van der Waals surface area contributed by atoms with Crippen LogP contribution in [0.15, 0.2) is 24.3 Å². The lowest BCUT2D eigenvalue weighted by molar-refractivity contribution is 0.364. The fraction of sp³-hybridized carbons (Fsp3) is 0.500. The van der Waals surface area contributed by atoms with Gasteiger partial charge in [-0.3, -0.25) is 0 Å². The molecule has 5 rings (SSSR count). The average molecular weight is 436 g/mol. The third kappa shape index (κ3) is 4.08. The highest BCUT2D eigenvalue weighted by atomic mass is 19.1. The Labute approximate surface area is 190 Å². The van der Waals surface area contributed by atoms with Gasteiger partial charge in [-0.2, -0.15) is 0 Å². The number of imidazole rings is 1. The van der Waals surface area contributed by atoms with Gasteiger partial charge in [0.05, 0.1) is 17.7 Å². The highest BCUT2D eigenvalue weighted by molar-refractivity contribution is 5.92. The molecule has 5 nitrogen and oxygen atoms in total. The van der Waals surface area contributed by atoms with Crippen molar-refractivity contribution in [3.05, 3.63) is 52.3 Å². The molecular weight excluding hydrogens is 401 g/mol. The number of aryl methyl sites for hydroxylation is 3. The van der Waals surface area contributed by atoms with Crippen LogP contribution in [0.4, 0.5) is 16.0 Å². The molecule has 2 aliphatic rings. The summed E-state index contributed by atoms with van der Waals surface area (Å²) in [6.07, 6.45) is 3.79. The number of aromatic nitrogens is 2. The van der Waals surface area contributed by atoms with E-state index < -0.39 is 0 Å². The molecule has 2 aliphatic heterocycles. The largest absolute Gasteiger partial charge is 0.370 e. The molecular formula is C26H34FN5. The lowest BCUT2D eigenvalue weighted by atomic mass is 10.0. The normalized spacial score (nSPS) is 17.1. The minimum atomic E-state index is -0.108. The van der Waals surface area contributed by atoms with Gasteiger partial charge in [-0.25, -0.2) is 9.37 Å². The monoisotopic (exact) mass is 435 g/mol. The van der Waals surface area contributed by atoms with Gasteiger partial charge in [0.1, 0.15) is 11.3 Å². The first kappa shape index (κ1) is 21.3. The molecule has 6 heteroatoms. The first-order chi connectivity index (χ1) is 15.5. The van der Waals surface area contributed by atoms with Crippen LogP contribution in [0, 0.1) is 32.5 Å². The molecule has 3 heterocycles. The average Bonchev–Trinajstić information content (AvgIpc) is 3.08. The van der Waals surface area contributed by atoms with E-state index in [1.165, 1.54) is 30.5 Å². The van der Waals surface area contributed by atoms with Gasteiger partial charge in [-0.05, 0) is 74.4 Å². The zero-order valence-corrected chi connectivity index (χ0v) is 19.5. The van der Waals surface area contributed by atoms with E-state index in [4.69, 9.17) is 4.98 Å². The number of rotatable bonds is 6. The number of nitrogens with one attached hydrogen (secondary N) is 2. The lowest BCUT2D eigenvalue weighted by Crippen LogP contribution is -2.45. The van der Waals surface area contributed by atoms with Crippen LogP contribution in [-0.2, 0) is 6.54 Å². The third-order valence-corrected chi connectivity index (χ3v) is 6.93. The maximum atomic E-state index is 14.2. The number of fused-ring (bicyclic) bond motifs is 1. The van der Waals surface area contributed by atoms with Gasteiger partial charge < -0.3 is 20.1 Å². The fourth-order valence-electron chi connectivity index (χ4n) is 5.05. The second kappa shape index (κ2) is 8.74. The molecule has 0 atom stereocenters. The number of anilines is 2. The molecule has 0 bridgehead atoms. The number of benzene rings is 2. The van der Waals surface area contributed by atoms with Gasteiger partial charge in [-0.1, -0.05) is 12.1 Å². The number of halogens is 1. The van der Waals surface area contributed by atoms with Crippen molar-refractivity contribution in [2.75, 3.05) is 42.9 Å². The second-order valence-corrected chi connectivity index (χ2v) is 9.67. The van der Waals surface area contributed by atoms with Crippen molar-refractivity contribution in [1.29, 1.82) is 0 Å². The van der Waals surface area contributed by atoms with Crippen LogP contribution in [0.5, 0.6) is 0 Å². The van der Waals surface area contributed by atoms with E-state index in [0.29, 0.717) is 23.6 Å². The first-order valence-corrected chi connectivity index (χ1v) is 12.0. The van der Waals surface area contributed by atoms with Crippen molar-refractivity contribution >= 4 is 22.7 Å². The second-order valence-electron chi connectivity index (χ2n) is 9.67. The predicted octanol–water partition coefficient (Wildman–Crippen LogP) is 4.77. The molecule has 1 aromatic heterocycles. The Hall–Kier alpha value is -2.60. The predicted molar refractivity (Wildman–Crippen MR) is 130 cm³/mol. The minimum Gasteiger partial charge on any atom is -0.370 e. The maximum Gasteiger partial charge on any atom is 0.204 e.